The molecule has 6 heteroatoms. The van der Waals surface area contributed by atoms with Crippen molar-refractivity contribution in [2.45, 2.75) is 6.61 Å². The zero-order chi connectivity index (χ0) is 13.1. The molecule has 1 heterocycles. The van der Waals surface area contributed by atoms with Crippen molar-refractivity contribution in [2.75, 3.05) is 5.73 Å². The second-order valence-electron chi connectivity index (χ2n) is 3.50. The molecule has 0 saturated heterocycles. The van der Waals surface area contributed by atoms with E-state index in [1.807, 2.05) is 0 Å². The first-order chi connectivity index (χ1) is 8.58. The van der Waals surface area contributed by atoms with Crippen molar-refractivity contribution < 1.29 is 13.5 Å². The Labute approximate surface area is 107 Å². The highest BCUT2D eigenvalue weighted by molar-refractivity contribution is 6.31. The fraction of sp³-hybridized carbons (Fsp3) is 0.0833. The van der Waals surface area contributed by atoms with Gasteiger partial charge in [-0.1, -0.05) is 17.7 Å². The number of anilines is 1. The molecule has 0 amide bonds. The topological polar surface area (TPSA) is 48.1 Å². The van der Waals surface area contributed by atoms with Crippen LogP contribution in [-0.4, -0.2) is 4.98 Å². The molecule has 1 aromatic heterocycles. The van der Waals surface area contributed by atoms with Crippen LogP contribution in [0, 0.1) is 11.6 Å². The fourth-order valence-electron chi connectivity index (χ4n) is 1.36. The molecule has 18 heavy (non-hydrogen) atoms. The Morgan fingerprint density at radius 1 is 1.17 bits per heavy atom. The highest BCUT2D eigenvalue weighted by atomic mass is 35.5. The second kappa shape index (κ2) is 5.18. The summed E-state index contributed by atoms with van der Waals surface area (Å²) in [5.74, 6) is -1.77. The minimum Gasteiger partial charge on any atom is -0.481 e. The summed E-state index contributed by atoms with van der Waals surface area (Å²) in [6.45, 7) is -0.165. The lowest BCUT2D eigenvalue weighted by Gasteiger charge is -2.09. The minimum atomic E-state index is -0.782. The van der Waals surface area contributed by atoms with Crippen molar-refractivity contribution >= 4 is 17.4 Å². The van der Waals surface area contributed by atoms with Crippen LogP contribution in [0.1, 0.15) is 5.69 Å². The van der Waals surface area contributed by atoms with Crippen LogP contribution in [0.2, 0.25) is 5.02 Å². The van der Waals surface area contributed by atoms with Crippen molar-refractivity contribution in [3.8, 4) is 5.75 Å². The Morgan fingerprint density at radius 3 is 2.50 bits per heavy atom. The Morgan fingerprint density at radius 2 is 1.83 bits per heavy atom. The van der Waals surface area contributed by atoms with Crippen LogP contribution in [-0.2, 0) is 6.61 Å². The van der Waals surface area contributed by atoms with Gasteiger partial charge in [-0.15, -0.1) is 0 Å². The van der Waals surface area contributed by atoms with E-state index < -0.39 is 17.4 Å². The number of nitrogens with zero attached hydrogens (tertiary/aromatic N) is 1. The lowest BCUT2D eigenvalue weighted by molar-refractivity contribution is 0.270. The summed E-state index contributed by atoms with van der Waals surface area (Å²) in [6.07, 6.45) is 0. The number of benzene rings is 1. The third-order valence-corrected chi connectivity index (χ3v) is 2.56. The van der Waals surface area contributed by atoms with Crippen LogP contribution < -0.4 is 10.5 Å². The van der Waals surface area contributed by atoms with Gasteiger partial charge in [0.05, 0.1) is 10.7 Å². The molecule has 0 spiro atoms. The molecule has 2 aromatic rings. The van der Waals surface area contributed by atoms with Crippen molar-refractivity contribution in [3.05, 3.63) is 52.7 Å². The number of aromatic nitrogens is 1. The van der Waals surface area contributed by atoms with Gasteiger partial charge in [-0.3, -0.25) is 0 Å². The quantitative estimate of drug-likeness (QED) is 0.932. The number of hydrogen-bond donors (Lipinski definition) is 1. The number of hydrogen-bond acceptors (Lipinski definition) is 3. The SMILES string of the molecule is Nc1ccc(Cl)c(COc2c(F)cccc2F)n1. The Bertz CT molecular complexity index is 558. The maximum absolute atomic E-state index is 13.3. The molecule has 0 bridgehead atoms. The second-order valence-corrected chi connectivity index (χ2v) is 3.91. The predicted octanol–water partition coefficient (Wildman–Crippen LogP) is 3.17. The molecule has 0 saturated carbocycles. The molecular weight excluding hydrogens is 262 g/mol. The van der Waals surface area contributed by atoms with Gasteiger partial charge in [0, 0.05) is 0 Å². The summed E-state index contributed by atoms with van der Waals surface area (Å²) in [7, 11) is 0. The highest BCUT2D eigenvalue weighted by Gasteiger charge is 2.11. The van der Waals surface area contributed by atoms with Gasteiger partial charge in [-0.05, 0) is 24.3 Å². The summed E-state index contributed by atoms with van der Waals surface area (Å²) in [5.41, 5.74) is 5.80. The van der Waals surface area contributed by atoms with Gasteiger partial charge in [-0.2, -0.15) is 0 Å². The van der Waals surface area contributed by atoms with E-state index in [0.29, 0.717) is 10.7 Å². The van der Waals surface area contributed by atoms with Crippen LogP contribution in [0.3, 0.4) is 0 Å². The van der Waals surface area contributed by atoms with Crippen molar-refractivity contribution in [1.29, 1.82) is 0 Å². The van der Waals surface area contributed by atoms with E-state index in [9.17, 15) is 8.78 Å². The van der Waals surface area contributed by atoms with Crippen LogP contribution >= 0.6 is 11.6 Å². The predicted molar refractivity (Wildman–Crippen MR) is 64.3 cm³/mol. The van der Waals surface area contributed by atoms with Crippen LogP contribution in [0.5, 0.6) is 5.75 Å². The monoisotopic (exact) mass is 270 g/mol. The third kappa shape index (κ3) is 2.68. The van der Waals surface area contributed by atoms with Gasteiger partial charge >= 0.3 is 0 Å². The molecular formula is C12H9ClF2N2O. The molecule has 0 aliphatic carbocycles. The van der Waals surface area contributed by atoms with Gasteiger partial charge in [-0.25, -0.2) is 13.8 Å². The fourth-order valence-corrected chi connectivity index (χ4v) is 1.52. The summed E-state index contributed by atoms with van der Waals surface area (Å²) in [6, 6.07) is 6.53. The van der Waals surface area contributed by atoms with Gasteiger partial charge < -0.3 is 10.5 Å². The lowest BCUT2D eigenvalue weighted by Crippen LogP contribution is -2.04. The van der Waals surface area contributed by atoms with E-state index in [1.54, 1.807) is 6.07 Å². The molecule has 2 rings (SSSR count). The molecule has 1 aromatic carbocycles. The summed E-state index contributed by atoms with van der Waals surface area (Å²) in [5, 5.41) is 0.320. The number of ether oxygens (including phenoxy) is 1. The molecule has 0 radical (unpaired) electrons. The van der Waals surface area contributed by atoms with E-state index in [-0.39, 0.29) is 12.4 Å². The highest BCUT2D eigenvalue weighted by Crippen LogP contribution is 2.23. The van der Waals surface area contributed by atoms with Gasteiger partial charge in [0.2, 0.25) is 0 Å². The molecule has 0 atom stereocenters. The number of nitrogen functional groups attached to an aromatic ring is 1. The Hall–Kier alpha value is -1.88. The number of para-hydroxylation sites is 1. The van der Waals surface area contributed by atoms with Gasteiger partial charge in [0.1, 0.15) is 12.4 Å². The summed E-state index contributed by atoms with van der Waals surface area (Å²) < 4.78 is 31.6. The molecule has 0 aliphatic rings. The molecule has 94 valence electrons. The van der Waals surface area contributed by atoms with Crippen LogP contribution in [0.25, 0.3) is 0 Å². The number of halogens is 3. The van der Waals surface area contributed by atoms with Crippen molar-refractivity contribution in [1.82, 2.24) is 4.98 Å². The molecule has 0 unspecified atom stereocenters. The van der Waals surface area contributed by atoms with Gasteiger partial charge in [0.25, 0.3) is 0 Å². The number of pyridine rings is 1. The molecule has 0 aliphatic heterocycles. The van der Waals surface area contributed by atoms with E-state index in [0.717, 1.165) is 12.1 Å². The zero-order valence-electron chi connectivity index (χ0n) is 9.16. The first-order valence-corrected chi connectivity index (χ1v) is 5.43. The zero-order valence-corrected chi connectivity index (χ0v) is 9.92. The van der Waals surface area contributed by atoms with E-state index in [1.165, 1.54) is 12.1 Å². The maximum Gasteiger partial charge on any atom is 0.191 e. The van der Waals surface area contributed by atoms with Crippen LogP contribution in [0.4, 0.5) is 14.6 Å². The van der Waals surface area contributed by atoms with Crippen LogP contribution in [0.15, 0.2) is 30.3 Å². The molecule has 3 nitrogen and oxygen atoms in total. The van der Waals surface area contributed by atoms with E-state index in [4.69, 9.17) is 22.1 Å². The lowest BCUT2D eigenvalue weighted by atomic mass is 10.3. The Kier molecular flexibility index (Phi) is 3.62. The minimum absolute atomic E-state index is 0.165. The Balaban J connectivity index is 2.19. The first kappa shape index (κ1) is 12.6. The average molecular weight is 271 g/mol. The summed E-state index contributed by atoms with van der Waals surface area (Å²) >= 11 is 5.86. The number of rotatable bonds is 3. The molecule has 0 fully saturated rings. The third-order valence-electron chi connectivity index (χ3n) is 2.21. The van der Waals surface area contributed by atoms with Crippen molar-refractivity contribution in [2.24, 2.45) is 0 Å². The normalized spacial score (nSPS) is 10.4. The molecule has 2 N–H and O–H groups in total. The number of nitrogens with two attached hydrogens (primary N) is 1. The van der Waals surface area contributed by atoms with E-state index in [2.05, 4.69) is 4.98 Å². The smallest absolute Gasteiger partial charge is 0.191 e. The summed E-state index contributed by atoms with van der Waals surface area (Å²) in [4.78, 5) is 3.92. The van der Waals surface area contributed by atoms with E-state index >= 15 is 0 Å². The largest absolute Gasteiger partial charge is 0.481 e. The average Bonchev–Trinajstić information content (AvgIpc) is 2.33. The van der Waals surface area contributed by atoms with Crippen molar-refractivity contribution in [3.63, 3.8) is 0 Å². The maximum atomic E-state index is 13.3. The van der Waals surface area contributed by atoms with Gasteiger partial charge in [0.15, 0.2) is 17.4 Å². The standard InChI is InChI=1S/C12H9ClF2N2O/c13-7-4-5-11(16)17-10(7)6-18-12-8(14)2-1-3-9(12)15/h1-5H,6H2,(H2,16,17). The first-order valence-electron chi connectivity index (χ1n) is 5.05.